The fourth-order valence-corrected chi connectivity index (χ4v) is 4.35. The number of carbonyl (C=O) groups excluding carboxylic acids is 1. The van der Waals surface area contributed by atoms with E-state index >= 15 is 0 Å². The summed E-state index contributed by atoms with van der Waals surface area (Å²) in [7, 11) is -3.10. The number of nitrogens with one attached hydrogen (secondary N) is 1. The van der Waals surface area contributed by atoms with Crippen LogP contribution in [-0.2, 0) is 26.9 Å². The summed E-state index contributed by atoms with van der Waals surface area (Å²) in [4.78, 5) is 12.4. The first-order valence-electron chi connectivity index (χ1n) is 8.55. The van der Waals surface area contributed by atoms with Crippen LogP contribution in [0.4, 0.5) is 0 Å². The van der Waals surface area contributed by atoms with E-state index in [9.17, 15) is 13.2 Å². The quantitative estimate of drug-likeness (QED) is 0.751. The molecule has 1 aliphatic carbocycles. The van der Waals surface area contributed by atoms with Gasteiger partial charge >= 0.3 is 0 Å². The predicted molar refractivity (Wildman–Crippen MR) is 103 cm³/mol. The molecule has 1 fully saturated rings. The molecular formula is C18H29ClN2O3S. The largest absolute Gasteiger partial charge is 0.352 e. The highest BCUT2D eigenvalue weighted by molar-refractivity contribution is 7.89. The number of carbonyl (C=O) groups is 1. The average molecular weight is 389 g/mol. The van der Waals surface area contributed by atoms with Crippen molar-refractivity contribution in [1.82, 2.24) is 5.32 Å². The van der Waals surface area contributed by atoms with Gasteiger partial charge in [-0.1, -0.05) is 43.5 Å². The van der Waals surface area contributed by atoms with Gasteiger partial charge in [0.05, 0.1) is 5.75 Å². The van der Waals surface area contributed by atoms with E-state index in [1.807, 2.05) is 18.2 Å². The van der Waals surface area contributed by atoms with Gasteiger partial charge in [-0.05, 0) is 35.9 Å². The minimum absolute atomic E-state index is 0. The number of amides is 1. The maximum absolute atomic E-state index is 12.4. The lowest BCUT2D eigenvalue weighted by molar-refractivity contribution is -0.124. The monoisotopic (exact) mass is 388 g/mol. The summed E-state index contributed by atoms with van der Waals surface area (Å²) in [5.41, 5.74) is 7.47. The molecule has 1 aliphatic rings. The van der Waals surface area contributed by atoms with Crippen LogP contribution in [0.15, 0.2) is 24.3 Å². The molecule has 0 aromatic heterocycles. The molecule has 25 heavy (non-hydrogen) atoms. The molecule has 1 amide bonds. The Morgan fingerprint density at radius 1 is 1.16 bits per heavy atom. The Hall–Kier alpha value is -1.11. The molecule has 0 spiro atoms. The first-order chi connectivity index (χ1) is 11.3. The number of rotatable bonds is 7. The van der Waals surface area contributed by atoms with Crippen molar-refractivity contribution in [3.63, 3.8) is 0 Å². The molecular weight excluding hydrogens is 360 g/mol. The summed E-state index contributed by atoms with van der Waals surface area (Å²) in [6.45, 7) is 0.899. The highest BCUT2D eigenvalue weighted by Crippen LogP contribution is 2.38. The third kappa shape index (κ3) is 6.96. The minimum atomic E-state index is -3.10. The maximum Gasteiger partial charge on any atom is 0.220 e. The van der Waals surface area contributed by atoms with E-state index in [4.69, 9.17) is 5.73 Å². The summed E-state index contributed by atoms with van der Waals surface area (Å²) in [5, 5.41) is 2.94. The van der Waals surface area contributed by atoms with Crippen molar-refractivity contribution in [2.24, 2.45) is 11.1 Å². The number of halogens is 1. The highest BCUT2D eigenvalue weighted by Gasteiger charge is 2.32. The smallest absolute Gasteiger partial charge is 0.220 e. The molecule has 142 valence electrons. The summed E-state index contributed by atoms with van der Waals surface area (Å²) >= 11 is 0. The second-order valence-corrected chi connectivity index (χ2v) is 9.20. The van der Waals surface area contributed by atoms with Gasteiger partial charge in [-0.25, -0.2) is 8.42 Å². The minimum Gasteiger partial charge on any atom is -0.352 e. The third-order valence-electron chi connectivity index (χ3n) is 4.89. The van der Waals surface area contributed by atoms with Crippen LogP contribution in [0.1, 0.15) is 49.7 Å². The second-order valence-electron chi connectivity index (χ2n) is 7.06. The van der Waals surface area contributed by atoms with Crippen molar-refractivity contribution in [3.05, 3.63) is 35.4 Å². The first kappa shape index (κ1) is 21.9. The van der Waals surface area contributed by atoms with Crippen LogP contribution in [0.3, 0.4) is 0 Å². The SMILES string of the molecule is CS(=O)(=O)Cc1ccccc1CNC(=O)CC1(CN)CCCCC1.Cl. The molecule has 1 aromatic carbocycles. The Kier molecular flexibility index (Phi) is 8.38. The molecule has 0 saturated heterocycles. The fourth-order valence-electron chi connectivity index (χ4n) is 3.50. The molecule has 1 saturated carbocycles. The Balaban J connectivity index is 0.00000312. The molecule has 2 rings (SSSR count). The molecule has 3 N–H and O–H groups in total. The van der Waals surface area contributed by atoms with Gasteiger partial charge in [0.1, 0.15) is 0 Å². The van der Waals surface area contributed by atoms with Crippen molar-refractivity contribution in [1.29, 1.82) is 0 Å². The fraction of sp³-hybridized carbons (Fsp3) is 0.611. The van der Waals surface area contributed by atoms with Crippen molar-refractivity contribution >= 4 is 28.2 Å². The van der Waals surface area contributed by atoms with E-state index in [0.717, 1.165) is 36.8 Å². The van der Waals surface area contributed by atoms with Gasteiger partial charge in [0.25, 0.3) is 0 Å². The van der Waals surface area contributed by atoms with E-state index in [0.29, 0.717) is 19.5 Å². The molecule has 0 heterocycles. The first-order valence-corrected chi connectivity index (χ1v) is 10.6. The van der Waals surface area contributed by atoms with Crippen LogP contribution in [0.25, 0.3) is 0 Å². The van der Waals surface area contributed by atoms with E-state index in [1.165, 1.54) is 12.7 Å². The molecule has 0 bridgehead atoms. The summed E-state index contributed by atoms with van der Waals surface area (Å²) < 4.78 is 23.1. The van der Waals surface area contributed by atoms with E-state index in [-0.39, 0.29) is 29.5 Å². The van der Waals surface area contributed by atoms with Crippen LogP contribution in [-0.4, -0.2) is 27.1 Å². The van der Waals surface area contributed by atoms with Gasteiger partial charge in [-0.2, -0.15) is 0 Å². The average Bonchev–Trinajstić information content (AvgIpc) is 2.53. The number of hydrogen-bond donors (Lipinski definition) is 2. The van der Waals surface area contributed by atoms with Gasteiger partial charge in [0, 0.05) is 19.2 Å². The summed E-state index contributed by atoms with van der Waals surface area (Å²) in [6.07, 6.45) is 7.21. The maximum atomic E-state index is 12.4. The summed E-state index contributed by atoms with van der Waals surface area (Å²) in [6, 6.07) is 7.33. The zero-order valence-electron chi connectivity index (χ0n) is 14.8. The van der Waals surface area contributed by atoms with Gasteiger partial charge in [-0.15, -0.1) is 12.4 Å². The molecule has 1 aromatic rings. The van der Waals surface area contributed by atoms with Gasteiger partial charge < -0.3 is 11.1 Å². The summed E-state index contributed by atoms with van der Waals surface area (Å²) in [5.74, 6) is -0.0114. The van der Waals surface area contributed by atoms with Crippen LogP contribution in [0, 0.1) is 5.41 Å². The number of sulfone groups is 1. The van der Waals surface area contributed by atoms with Crippen LogP contribution in [0.2, 0.25) is 0 Å². The lowest BCUT2D eigenvalue weighted by Gasteiger charge is -2.35. The van der Waals surface area contributed by atoms with E-state index in [2.05, 4.69) is 5.32 Å². The van der Waals surface area contributed by atoms with E-state index < -0.39 is 9.84 Å². The van der Waals surface area contributed by atoms with Crippen LogP contribution in [0.5, 0.6) is 0 Å². The van der Waals surface area contributed by atoms with Gasteiger partial charge in [-0.3, -0.25) is 4.79 Å². The van der Waals surface area contributed by atoms with Crippen LogP contribution < -0.4 is 11.1 Å². The number of nitrogens with two attached hydrogens (primary N) is 1. The molecule has 0 radical (unpaired) electrons. The number of benzene rings is 1. The molecule has 7 heteroatoms. The zero-order chi connectivity index (χ0) is 17.6. The molecule has 0 atom stereocenters. The third-order valence-corrected chi connectivity index (χ3v) is 5.73. The topological polar surface area (TPSA) is 89.3 Å². The molecule has 5 nitrogen and oxygen atoms in total. The Bertz CT molecular complexity index is 671. The molecule has 0 unspecified atom stereocenters. The lowest BCUT2D eigenvalue weighted by Crippen LogP contribution is -2.38. The Morgan fingerprint density at radius 2 is 1.76 bits per heavy atom. The normalized spacial score (nSPS) is 16.7. The van der Waals surface area contributed by atoms with Gasteiger partial charge in [0.15, 0.2) is 9.84 Å². The lowest BCUT2D eigenvalue weighted by atomic mass is 9.71. The van der Waals surface area contributed by atoms with Crippen molar-refractivity contribution in [3.8, 4) is 0 Å². The standard InChI is InChI=1S/C18H28N2O3S.ClH/c1-24(22,23)13-16-8-4-3-7-15(16)12-20-17(21)11-18(14-19)9-5-2-6-10-18;/h3-4,7-8H,2,5-6,9-14,19H2,1H3,(H,20,21);1H. The predicted octanol–water partition coefficient (Wildman–Crippen LogP) is 2.57. The Labute approximate surface area is 157 Å². The Morgan fingerprint density at radius 3 is 2.32 bits per heavy atom. The van der Waals surface area contributed by atoms with Crippen molar-refractivity contribution in [2.75, 3.05) is 12.8 Å². The van der Waals surface area contributed by atoms with Crippen molar-refractivity contribution in [2.45, 2.75) is 50.8 Å². The molecule has 0 aliphatic heterocycles. The van der Waals surface area contributed by atoms with Gasteiger partial charge in [0.2, 0.25) is 5.91 Å². The zero-order valence-corrected chi connectivity index (χ0v) is 16.4. The number of hydrogen-bond acceptors (Lipinski definition) is 4. The van der Waals surface area contributed by atoms with E-state index in [1.54, 1.807) is 6.07 Å². The highest BCUT2D eigenvalue weighted by atomic mass is 35.5. The van der Waals surface area contributed by atoms with Crippen molar-refractivity contribution < 1.29 is 13.2 Å². The van der Waals surface area contributed by atoms with Crippen LogP contribution >= 0.6 is 12.4 Å². The second kappa shape index (κ2) is 9.55.